The Morgan fingerprint density at radius 3 is 2.45 bits per heavy atom. The SMILES string of the molecule is CC1CC(C)CC(Nc2ccc(C(=O)O)c(Br)c2F)C1. The van der Waals surface area contributed by atoms with E-state index in [4.69, 9.17) is 5.11 Å². The minimum Gasteiger partial charge on any atom is -0.478 e. The van der Waals surface area contributed by atoms with Crippen LogP contribution in [0.1, 0.15) is 43.5 Å². The number of hydrogen-bond acceptors (Lipinski definition) is 2. The van der Waals surface area contributed by atoms with E-state index >= 15 is 0 Å². The minimum atomic E-state index is -1.14. The number of halogens is 2. The average Bonchev–Trinajstić information content (AvgIpc) is 2.33. The largest absolute Gasteiger partial charge is 0.478 e. The zero-order chi connectivity index (χ0) is 14.9. The molecule has 1 saturated carbocycles. The van der Waals surface area contributed by atoms with E-state index < -0.39 is 11.8 Å². The van der Waals surface area contributed by atoms with Crippen LogP contribution in [0.15, 0.2) is 16.6 Å². The van der Waals surface area contributed by atoms with E-state index in [1.54, 1.807) is 0 Å². The second kappa shape index (κ2) is 6.12. The molecule has 2 atom stereocenters. The number of nitrogens with one attached hydrogen (secondary N) is 1. The molecule has 1 fully saturated rings. The van der Waals surface area contributed by atoms with Gasteiger partial charge in [0, 0.05) is 6.04 Å². The minimum absolute atomic E-state index is 0.00639. The Kier molecular flexibility index (Phi) is 4.68. The summed E-state index contributed by atoms with van der Waals surface area (Å²) in [4.78, 5) is 10.9. The van der Waals surface area contributed by atoms with Gasteiger partial charge in [0.25, 0.3) is 0 Å². The summed E-state index contributed by atoms with van der Waals surface area (Å²) in [5.41, 5.74) is 0.312. The van der Waals surface area contributed by atoms with Crippen LogP contribution in [0.3, 0.4) is 0 Å². The van der Waals surface area contributed by atoms with Crippen LogP contribution in [0.5, 0.6) is 0 Å². The topological polar surface area (TPSA) is 49.3 Å². The summed E-state index contributed by atoms with van der Waals surface area (Å²) in [5, 5.41) is 12.2. The van der Waals surface area contributed by atoms with Gasteiger partial charge >= 0.3 is 5.97 Å². The zero-order valence-electron chi connectivity index (χ0n) is 11.6. The van der Waals surface area contributed by atoms with Gasteiger partial charge in [-0.2, -0.15) is 0 Å². The quantitative estimate of drug-likeness (QED) is 0.847. The first-order valence-electron chi connectivity index (χ1n) is 6.86. The van der Waals surface area contributed by atoms with Crippen molar-refractivity contribution in [1.29, 1.82) is 0 Å². The molecule has 0 amide bonds. The highest BCUT2D eigenvalue weighted by molar-refractivity contribution is 9.10. The van der Waals surface area contributed by atoms with Crippen molar-refractivity contribution < 1.29 is 14.3 Å². The molecule has 2 unspecified atom stereocenters. The van der Waals surface area contributed by atoms with Gasteiger partial charge in [0.15, 0.2) is 5.82 Å². The molecule has 1 aromatic rings. The number of carboxylic acid groups (broad SMARTS) is 1. The van der Waals surface area contributed by atoms with E-state index in [0.29, 0.717) is 17.5 Å². The molecule has 1 aromatic carbocycles. The number of rotatable bonds is 3. The van der Waals surface area contributed by atoms with Crippen LogP contribution in [0.25, 0.3) is 0 Å². The van der Waals surface area contributed by atoms with Gasteiger partial charge in [-0.1, -0.05) is 13.8 Å². The standard InChI is InChI=1S/C15H19BrFNO2/c1-8-5-9(2)7-10(6-8)18-12-4-3-11(15(19)20)13(16)14(12)17/h3-4,8-10,18H,5-7H2,1-2H3,(H,19,20). The summed E-state index contributed by atoms with van der Waals surface area (Å²) in [5.74, 6) is -0.417. The van der Waals surface area contributed by atoms with Crippen LogP contribution < -0.4 is 5.32 Å². The van der Waals surface area contributed by atoms with Gasteiger partial charge in [0.1, 0.15) is 0 Å². The fraction of sp³-hybridized carbons (Fsp3) is 0.533. The van der Waals surface area contributed by atoms with E-state index in [1.807, 2.05) is 0 Å². The second-order valence-corrected chi connectivity index (χ2v) is 6.65. The molecule has 0 heterocycles. The molecule has 1 aliphatic carbocycles. The smallest absolute Gasteiger partial charge is 0.336 e. The normalized spacial score (nSPS) is 26.3. The predicted octanol–water partition coefficient (Wildman–Crippen LogP) is 4.52. The molecule has 0 aromatic heterocycles. The molecule has 0 radical (unpaired) electrons. The monoisotopic (exact) mass is 343 g/mol. The summed E-state index contributed by atoms with van der Waals surface area (Å²) in [6.45, 7) is 4.42. The van der Waals surface area contributed by atoms with E-state index in [1.165, 1.54) is 18.6 Å². The summed E-state index contributed by atoms with van der Waals surface area (Å²) in [6, 6.07) is 3.17. The molecule has 0 aliphatic heterocycles. The van der Waals surface area contributed by atoms with Gasteiger partial charge < -0.3 is 10.4 Å². The molecule has 2 N–H and O–H groups in total. The first-order valence-corrected chi connectivity index (χ1v) is 7.65. The maximum atomic E-state index is 14.2. The van der Waals surface area contributed by atoms with Gasteiger partial charge in [0.2, 0.25) is 0 Å². The Labute approximate surface area is 126 Å². The molecule has 0 saturated heterocycles. The van der Waals surface area contributed by atoms with Crippen molar-refractivity contribution in [3.05, 3.63) is 28.0 Å². The first kappa shape index (κ1) is 15.3. The highest BCUT2D eigenvalue weighted by atomic mass is 79.9. The van der Waals surface area contributed by atoms with Crippen molar-refractivity contribution in [2.75, 3.05) is 5.32 Å². The second-order valence-electron chi connectivity index (χ2n) is 5.85. The number of anilines is 1. The maximum Gasteiger partial charge on any atom is 0.336 e. The van der Waals surface area contributed by atoms with Crippen LogP contribution >= 0.6 is 15.9 Å². The van der Waals surface area contributed by atoms with Gasteiger partial charge in [-0.15, -0.1) is 0 Å². The summed E-state index contributed by atoms with van der Waals surface area (Å²) >= 11 is 3.02. The molecule has 2 rings (SSSR count). The number of benzene rings is 1. The highest BCUT2D eigenvalue weighted by Gasteiger charge is 2.25. The average molecular weight is 344 g/mol. The van der Waals surface area contributed by atoms with Gasteiger partial charge in [-0.05, 0) is 59.2 Å². The fourth-order valence-electron chi connectivity index (χ4n) is 3.11. The van der Waals surface area contributed by atoms with Crippen molar-refractivity contribution in [2.24, 2.45) is 11.8 Å². The molecule has 1 aliphatic rings. The third-order valence-electron chi connectivity index (χ3n) is 3.85. The molecule has 0 spiro atoms. The van der Waals surface area contributed by atoms with Crippen LogP contribution in [0.2, 0.25) is 0 Å². The third kappa shape index (κ3) is 3.32. The van der Waals surface area contributed by atoms with Crippen molar-refractivity contribution in [3.8, 4) is 0 Å². The third-order valence-corrected chi connectivity index (χ3v) is 4.63. The van der Waals surface area contributed by atoms with Crippen molar-refractivity contribution in [2.45, 2.75) is 39.2 Å². The van der Waals surface area contributed by atoms with Gasteiger partial charge in [-0.3, -0.25) is 0 Å². The number of aromatic carboxylic acids is 1. The Hall–Kier alpha value is -1.10. The zero-order valence-corrected chi connectivity index (χ0v) is 13.2. The summed E-state index contributed by atoms with van der Waals surface area (Å²) in [7, 11) is 0. The van der Waals surface area contributed by atoms with Crippen molar-refractivity contribution in [3.63, 3.8) is 0 Å². The Bertz CT molecular complexity index is 511. The van der Waals surface area contributed by atoms with Gasteiger partial charge in [0.05, 0.1) is 15.7 Å². The number of carbonyl (C=O) groups is 1. The molecule has 5 heteroatoms. The fourth-order valence-corrected chi connectivity index (χ4v) is 3.63. The lowest BCUT2D eigenvalue weighted by Gasteiger charge is -2.32. The Morgan fingerprint density at radius 2 is 1.90 bits per heavy atom. The number of hydrogen-bond donors (Lipinski definition) is 2. The predicted molar refractivity (Wildman–Crippen MR) is 80.6 cm³/mol. The molecular formula is C15H19BrFNO2. The molecule has 3 nitrogen and oxygen atoms in total. The first-order chi connectivity index (χ1) is 9.38. The van der Waals surface area contributed by atoms with E-state index in [9.17, 15) is 9.18 Å². The Balaban J connectivity index is 2.18. The van der Waals surface area contributed by atoms with Crippen LogP contribution in [0.4, 0.5) is 10.1 Å². The van der Waals surface area contributed by atoms with Crippen molar-refractivity contribution in [1.82, 2.24) is 0 Å². The lowest BCUT2D eigenvalue weighted by Crippen LogP contribution is -2.30. The summed E-state index contributed by atoms with van der Waals surface area (Å²) in [6.07, 6.45) is 3.24. The van der Waals surface area contributed by atoms with E-state index in [2.05, 4.69) is 35.1 Å². The summed E-state index contributed by atoms with van der Waals surface area (Å²) < 4.78 is 14.2. The lowest BCUT2D eigenvalue weighted by atomic mass is 9.80. The van der Waals surface area contributed by atoms with Crippen LogP contribution in [-0.2, 0) is 0 Å². The van der Waals surface area contributed by atoms with E-state index in [0.717, 1.165) is 12.8 Å². The van der Waals surface area contributed by atoms with Crippen molar-refractivity contribution >= 4 is 27.6 Å². The lowest BCUT2D eigenvalue weighted by molar-refractivity contribution is 0.0695. The number of carboxylic acids is 1. The van der Waals surface area contributed by atoms with E-state index in [-0.39, 0.29) is 16.1 Å². The van der Waals surface area contributed by atoms with Gasteiger partial charge in [-0.25, -0.2) is 9.18 Å². The molecule has 20 heavy (non-hydrogen) atoms. The molecule has 110 valence electrons. The highest BCUT2D eigenvalue weighted by Crippen LogP contribution is 2.33. The van der Waals surface area contributed by atoms with Crippen LogP contribution in [-0.4, -0.2) is 17.1 Å². The maximum absolute atomic E-state index is 14.2. The van der Waals surface area contributed by atoms with Crippen LogP contribution in [0, 0.1) is 17.7 Å². The molecule has 0 bridgehead atoms. The Morgan fingerprint density at radius 1 is 1.30 bits per heavy atom. The molecular weight excluding hydrogens is 325 g/mol.